The molecule has 0 aliphatic carbocycles. The van der Waals surface area contributed by atoms with Crippen LogP contribution < -0.4 is 5.69 Å². The van der Waals surface area contributed by atoms with Crippen molar-refractivity contribution in [2.24, 2.45) is 0 Å². The molecule has 2 aliphatic heterocycles. The van der Waals surface area contributed by atoms with Gasteiger partial charge in [-0.1, -0.05) is 29.3 Å². The van der Waals surface area contributed by atoms with Gasteiger partial charge in [-0.3, -0.25) is 18.9 Å². The number of halogens is 3. The molecule has 188 valence electrons. The van der Waals surface area contributed by atoms with E-state index in [2.05, 4.69) is 9.80 Å². The molecule has 9 heteroatoms. The van der Waals surface area contributed by atoms with Gasteiger partial charge in [0.05, 0.1) is 34.3 Å². The Bertz CT molecular complexity index is 1260. The van der Waals surface area contributed by atoms with Crippen molar-refractivity contribution in [2.75, 3.05) is 45.9 Å². The minimum Gasteiger partial charge on any atom is -0.379 e. The van der Waals surface area contributed by atoms with E-state index in [1.807, 2.05) is 34.3 Å². The number of piperidine rings is 1. The third kappa shape index (κ3) is 5.30. The van der Waals surface area contributed by atoms with Gasteiger partial charge in [0.2, 0.25) is 0 Å². The topological polar surface area (TPSA) is 42.6 Å². The zero-order chi connectivity index (χ0) is 24.5. The number of aromatic nitrogens is 2. The van der Waals surface area contributed by atoms with E-state index in [1.54, 1.807) is 6.07 Å². The molecule has 5 rings (SSSR count). The largest absolute Gasteiger partial charge is 0.379 e. The Morgan fingerprint density at radius 3 is 2.31 bits per heavy atom. The summed E-state index contributed by atoms with van der Waals surface area (Å²) >= 11 is 12.7. The monoisotopic (exact) mass is 520 g/mol. The van der Waals surface area contributed by atoms with Crippen LogP contribution in [-0.4, -0.2) is 64.9 Å². The number of nitrogens with zero attached hydrogens (tertiary/aromatic N) is 4. The van der Waals surface area contributed by atoms with Crippen molar-refractivity contribution in [3.8, 4) is 0 Å². The highest BCUT2D eigenvalue weighted by Gasteiger charge is 2.26. The predicted molar refractivity (Wildman–Crippen MR) is 138 cm³/mol. The lowest BCUT2D eigenvalue weighted by molar-refractivity contribution is 0.0364. The van der Waals surface area contributed by atoms with Crippen LogP contribution in [0.5, 0.6) is 0 Å². The lowest BCUT2D eigenvalue weighted by atomic mass is 10.0. The van der Waals surface area contributed by atoms with Crippen molar-refractivity contribution in [3.63, 3.8) is 0 Å². The van der Waals surface area contributed by atoms with E-state index in [9.17, 15) is 9.18 Å². The highest BCUT2D eigenvalue weighted by atomic mass is 35.5. The average molecular weight is 521 g/mol. The fraction of sp³-hybridized carbons (Fsp3) is 0.500. The van der Waals surface area contributed by atoms with Gasteiger partial charge in [0.25, 0.3) is 0 Å². The van der Waals surface area contributed by atoms with Crippen LogP contribution in [0.4, 0.5) is 4.39 Å². The molecule has 0 saturated carbocycles. The fourth-order valence-corrected chi connectivity index (χ4v) is 5.64. The summed E-state index contributed by atoms with van der Waals surface area (Å²) in [7, 11) is 0. The van der Waals surface area contributed by atoms with Gasteiger partial charge in [-0.25, -0.2) is 9.18 Å². The van der Waals surface area contributed by atoms with E-state index in [4.69, 9.17) is 27.9 Å². The van der Waals surface area contributed by atoms with E-state index in [1.165, 1.54) is 6.07 Å². The van der Waals surface area contributed by atoms with Crippen molar-refractivity contribution < 1.29 is 9.13 Å². The Morgan fingerprint density at radius 2 is 1.63 bits per heavy atom. The molecule has 2 fully saturated rings. The SMILES string of the molecule is Cc1cc(F)ccc1CN1CCC(n2c(=O)n(CCN3CCOCC3)c3cc(Cl)c(Cl)cc32)CC1. The Balaban J connectivity index is 1.36. The van der Waals surface area contributed by atoms with E-state index < -0.39 is 0 Å². The molecule has 2 aliphatic rings. The zero-order valence-electron chi connectivity index (χ0n) is 20.0. The molecule has 0 amide bonds. The van der Waals surface area contributed by atoms with Crippen molar-refractivity contribution in [1.82, 2.24) is 18.9 Å². The third-order valence-electron chi connectivity index (χ3n) is 7.37. The maximum Gasteiger partial charge on any atom is 0.329 e. The van der Waals surface area contributed by atoms with Crippen molar-refractivity contribution in [2.45, 2.75) is 38.9 Å². The second-order valence-corrected chi connectivity index (χ2v) is 10.4. The Kier molecular flexibility index (Phi) is 7.51. The van der Waals surface area contributed by atoms with E-state index in [0.29, 0.717) is 16.6 Å². The predicted octanol–water partition coefficient (Wildman–Crippen LogP) is 4.73. The van der Waals surface area contributed by atoms with Crippen LogP contribution >= 0.6 is 23.2 Å². The lowest BCUT2D eigenvalue weighted by Crippen LogP contribution is -2.40. The number of imidazole rings is 1. The summed E-state index contributed by atoms with van der Waals surface area (Å²) in [4.78, 5) is 18.4. The number of hydrogen-bond acceptors (Lipinski definition) is 4. The molecular weight excluding hydrogens is 490 g/mol. The molecule has 0 spiro atoms. The van der Waals surface area contributed by atoms with Crippen molar-refractivity contribution in [3.05, 3.63) is 67.8 Å². The number of aryl methyl sites for hydroxylation is 1. The first-order valence-corrected chi connectivity index (χ1v) is 13.0. The fourth-order valence-electron chi connectivity index (χ4n) is 5.32. The quantitative estimate of drug-likeness (QED) is 0.471. The molecular formula is C26H31Cl2FN4O2. The summed E-state index contributed by atoms with van der Waals surface area (Å²) in [5, 5.41) is 0.920. The van der Waals surface area contributed by atoms with Crippen LogP contribution in [0.3, 0.4) is 0 Å². The number of hydrogen-bond donors (Lipinski definition) is 0. The van der Waals surface area contributed by atoms with Crippen LogP contribution in [0.25, 0.3) is 11.0 Å². The summed E-state index contributed by atoms with van der Waals surface area (Å²) in [6.45, 7) is 9.09. The molecule has 3 heterocycles. The first kappa shape index (κ1) is 24.8. The van der Waals surface area contributed by atoms with Crippen LogP contribution in [0.1, 0.15) is 30.0 Å². The highest BCUT2D eigenvalue weighted by Crippen LogP contribution is 2.32. The van der Waals surface area contributed by atoms with Crippen LogP contribution in [0.2, 0.25) is 10.0 Å². The molecule has 0 radical (unpaired) electrons. The van der Waals surface area contributed by atoms with Crippen LogP contribution in [-0.2, 0) is 17.8 Å². The zero-order valence-corrected chi connectivity index (χ0v) is 21.5. The highest BCUT2D eigenvalue weighted by molar-refractivity contribution is 6.42. The molecule has 0 unspecified atom stereocenters. The standard InChI is InChI=1S/C26H31Cl2FN4O2/c1-18-14-20(29)3-2-19(18)17-31-6-4-21(5-7-31)33-25-16-23(28)22(27)15-24(25)32(26(33)34)9-8-30-10-12-35-13-11-30/h2-3,14-16,21H,4-13,17H2,1H3. The van der Waals surface area contributed by atoms with Gasteiger partial charge in [0.1, 0.15) is 5.82 Å². The number of rotatable bonds is 6. The van der Waals surface area contributed by atoms with Gasteiger partial charge in [-0.15, -0.1) is 0 Å². The van der Waals surface area contributed by atoms with E-state index in [-0.39, 0.29) is 17.5 Å². The number of fused-ring (bicyclic) bond motifs is 1. The smallest absolute Gasteiger partial charge is 0.329 e. The molecule has 6 nitrogen and oxygen atoms in total. The van der Waals surface area contributed by atoms with Crippen LogP contribution in [0.15, 0.2) is 35.1 Å². The second kappa shape index (κ2) is 10.6. The summed E-state index contributed by atoms with van der Waals surface area (Å²) in [5.41, 5.74) is 3.79. The van der Waals surface area contributed by atoms with Gasteiger partial charge in [0.15, 0.2) is 0 Å². The van der Waals surface area contributed by atoms with E-state index in [0.717, 1.165) is 87.5 Å². The lowest BCUT2D eigenvalue weighted by Gasteiger charge is -2.33. The summed E-state index contributed by atoms with van der Waals surface area (Å²) in [6, 6.07) is 8.73. The summed E-state index contributed by atoms with van der Waals surface area (Å²) < 4.78 is 22.7. The molecule has 3 aromatic rings. The Labute approximate surface area is 214 Å². The number of morpholine rings is 1. The minimum absolute atomic E-state index is 0.000535. The molecule has 0 N–H and O–H groups in total. The molecule has 35 heavy (non-hydrogen) atoms. The van der Waals surface area contributed by atoms with Crippen molar-refractivity contribution >= 4 is 34.2 Å². The van der Waals surface area contributed by atoms with Gasteiger partial charge >= 0.3 is 5.69 Å². The van der Waals surface area contributed by atoms with Gasteiger partial charge in [0, 0.05) is 51.9 Å². The van der Waals surface area contributed by atoms with E-state index >= 15 is 0 Å². The van der Waals surface area contributed by atoms with Gasteiger partial charge < -0.3 is 4.74 Å². The summed E-state index contributed by atoms with van der Waals surface area (Å²) in [5.74, 6) is -0.201. The summed E-state index contributed by atoms with van der Waals surface area (Å²) in [6.07, 6.45) is 1.73. The first-order chi connectivity index (χ1) is 16.9. The van der Waals surface area contributed by atoms with Gasteiger partial charge in [-0.2, -0.15) is 0 Å². The maximum atomic E-state index is 13.7. The van der Waals surface area contributed by atoms with Gasteiger partial charge in [-0.05, 0) is 55.2 Å². The number of likely N-dealkylation sites (tertiary alicyclic amines) is 1. The van der Waals surface area contributed by atoms with Crippen molar-refractivity contribution in [1.29, 1.82) is 0 Å². The maximum absolute atomic E-state index is 13.7. The normalized spacial score (nSPS) is 18.5. The molecule has 2 aromatic carbocycles. The number of benzene rings is 2. The Morgan fingerprint density at radius 1 is 0.943 bits per heavy atom. The molecule has 2 saturated heterocycles. The second-order valence-electron chi connectivity index (χ2n) is 9.59. The number of ether oxygens (including phenoxy) is 1. The van der Waals surface area contributed by atoms with Crippen LogP contribution in [0, 0.1) is 12.7 Å². The molecule has 0 bridgehead atoms. The molecule has 0 atom stereocenters. The molecule has 1 aromatic heterocycles. The third-order valence-corrected chi connectivity index (χ3v) is 8.09. The first-order valence-electron chi connectivity index (χ1n) is 12.3. The minimum atomic E-state index is -0.201. The average Bonchev–Trinajstić information content (AvgIpc) is 3.11. The Hall–Kier alpha value is -1.90.